The first-order valence-corrected chi connectivity index (χ1v) is 8.64. The van der Waals surface area contributed by atoms with Crippen LogP contribution in [-0.2, 0) is 16.3 Å². The highest BCUT2D eigenvalue weighted by molar-refractivity contribution is 7.92. The van der Waals surface area contributed by atoms with Crippen LogP contribution in [-0.4, -0.2) is 29.7 Å². The lowest BCUT2D eigenvalue weighted by Gasteiger charge is -2.26. The van der Waals surface area contributed by atoms with Crippen LogP contribution in [0.25, 0.3) is 0 Å². The SMILES string of the molecule is O=[N+]([O-])c1ccc(CC(Cl)C2CCCCS2(=O)=O)cc1. The fourth-order valence-electron chi connectivity index (χ4n) is 2.50. The number of hydrogen-bond donors (Lipinski definition) is 0. The van der Waals surface area contributed by atoms with Gasteiger partial charge < -0.3 is 0 Å². The monoisotopic (exact) mass is 317 g/mol. The summed E-state index contributed by atoms with van der Waals surface area (Å²) < 4.78 is 24.0. The highest BCUT2D eigenvalue weighted by atomic mass is 35.5. The molecule has 5 nitrogen and oxygen atoms in total. The molecule has 1 aliphatic rings. The van der Waals surface area contributed by atoms with E-state index < -0.39 is 25.4 Å². The minimum Gasteiger partial charge on any atom is -0.258 e. The molecule has 0 aliphatic carbocycles. The van der Waals surface area contributed by atoms with Crippen molar-refractivity contribution in [3.8, 4) is 0 Å². The predicted molar refractivity (Wildman–Crippen MR) is 77.9 cm³/mol. The maximum Gasteiger partial charge on any atom is 0.269 e. The summed E-state index contributed by atoms with van der Waals surface area (Å²) in [4.78, 5) is 10.1. The largest absolute Gasteiger partial charge is 0.269 e. The van der Waals surface area contributed by atoms with Crippen molar-refractivity contribution in [2.75, 3.05) is 5.75 Å². The minimum atomic E-state index is -3.10. The predicted octanol–water partition coefficient (Wildman–Crippen LogP) is 2.71. The van der Waals surface area contributed by atoms with Crippen LogP contribution in [0, 0.1) is 10.1 Å². The molecule has 0 spiro atoms. The van der Waals surface area contributed by atoms with Gasteiger partial charge in [0, 0.05) is 12.1 Å². The molecule has 1 aromatic rings. The molecule has 7 heteroatoms. The Kier molecular flexibility index (Phi) is 4.65. The molecule has 1 saturated heterocycles. The van der Waals surface area contributed by atoms with Gasteiger partial charge in [-0.1, -0.05) is 18.6 Å². The van der Waals surface area contributed by atoms with Crippen LogP contribution in [0.5, 0.6) is 0 Å². The van der Waals surface area contributed by atoms with Gasteiger partial charge in [-0.05, 0) is 24.8 Å². The Balaban J connectivity index is 2.07. The van der Waals surface area contributed by atoms with Gasteiger partial charge in [-0.2, -0.15) is 0 Å². The van der Waals surface area contributed by atoms with Crippen molar-refractivity contribution in [1.29, 1.82) is 0 Å². The zero-order chi connectivity index (χ0) is 14.8. The van der Waals surface area contributed by atoms with E-state index in [9.17, 15) is 18.5 Å². The average molecular weight is 318 g/mol. The average Bonchev–Trinajstić information content (AvgIpc) is 2.38. The summed E-state index contributed by atoms with van der Waals surface area (Å²) in [5, 5.41) is 9.58. The van der Waals surface area contributed by atoms with Crippen LogP contribution in [0.15, 0.2) is 24.3 Å². The third-order valence-electron chi connectivity index (χ3n) is 3.61. The topological polar surface area (TPSA) is 77.3 Å². The molecule has 0 aromatic heterocycles. The molecule has 0 amide bonds. The molecule has 1 aliphatic heterocycles. The first-order valence-electron chi connectivity index (χ1n) is 6.49. The molecule has 1 aromatic carbocycles. The van der Waals surface area contributed by atoms with Crippen LogP contribution in [0.4, 0.5) is 5.69 Å². The summed E-state index contributed by atoms with van der Waals surface area (Å²) >= 11 is 6.27. The molecule has 2 atom stereocenters. The Morgan fingerprint density at radius 3 is 2.50 bits per heavy atom. The molecular formula is C13H16ClNO4S. The van der Waals surface area contributed by atoms with Crippen LogP contribution in [0.2, 0.25) is 0 Å². The van der Waals surface area contributed by atoms with Gasteiger partial charge in [-0.3, -0.25) is 10.1 Å². The first-order chi connectivity index (χ1) is 9.40. The third-order valence-corrected chi connectivity index (χ3v) is 6.56. The summed E-state index contributed by atoms with van der Waals surface area (Å²) in [7, 11) is -3.10. The van der Waals surface area contributed by atoms with Gasteiger partial charge in [0.1, 0.15) is 0 Å². The highest BCUT2D eigenvalue weighted by Crippen LogP contribution is 2.27. The quantitative estimate of drug-likeness (QED) is 0.486. The van der Waals surface area contributed by atoms with Gasteiger partial charge in [-0.25, -0.2) is 8.42 Å². The molecule has 1 heterocycles. The fraction of sp³-hybridized carbons (Fsp3) is 0.538. The first kappa shape index (κ1) is 15.3. The summed E-state index contributed by atoms with van der Waals surface area (Å²) in [6.45, 7) is 0. The van der Waals surface area contributed by atoms with Gasteiger partial charge in [0.25, 0.3) is 5.69 Å². The number of hydrogen-bond acceptors (Lipinski definition) is 4. The molecule has 0 N–H and O–H groups in total. The molecule has 0 saturated carbocycles. The summed E-state index contributed by atoms with van der Waals surface area (Å²) in [6.07, 6.45) is 2.60. The molecule has 0 bridgehead atoms. The molecule has 2 rings (SSSR count). The number of non-ortho nitro benzene ring substituents is 1. The van der Waals surface area contributed by atoms with E-state index in [1.54, 1.807) is 12.1 Å². The van der Waals surface area contributed by atoms with Crippen molar-refractivity contribution in [3.05, 3.63) is 39.9 Å². The zero-order valence-electron chi connectivity index (χ0n) is 10.9. The van der Waals surface area contributed by atoms with Gasteiger partial charge in [0.2, 0.25) is 0 Å². The van der Waals surface area contributed by atoms with Gasteiger partial charge >= 0.3 is 0 Å². The Labute approximate surface area is 123 Å². The minimum absolute atomic E-state index is 0.0187. The molecule has 110 valence electrons. The van der Waals surface area contributed by atoms with Crippen molar-refractivity contribution >= 4 is 27.1 Å². The van der Waals surface area contributed by atoms with Crippen molar-refractivity contribution in [3.63, 3.8) is 0 Å². The maximum absolute atomic E-state index is 12.0. The van der Waals surface area contributed by atoms with E-state index >= 15 is 0 Å². The van der Waals surface area contributed by atoms with Crippen LogP contribution in [0.1, 0.15) is 24.8 Å². The van der Waals surface area contributed by atoms with Crippen molar-refractivity contribution in [1.82, 2.24) is 0 Å². The summed E-state index contributed by atoms with van der Waals surface area (Å²) in [5.41, 5.74) is 0.835. The lowest BCUT2D eigenvalue weighted by Crippen LogP contribution is -2.36. The number of nitro groups is 1. The zero-order valence-corrected chi connectivity index (χ0v) is 12.4. The number of halogens is 1. The number of rotatable bonds is 4. The number of nitro benzene ring substituents is 1. The second-order valence-electron chi connectivity index (χ2n) is 5.04. The third kappa shape index (κ3) is 3.49. The molecular weight excluding hydrogens is 302 g/mol. The van der Waals surface area contributed by atoms with E-state index in [0.29, 0.717) is 19.3 Å². The highest BCUT2D eigenvalue weighted by Gasteiger charge is 2.34. The van der Waals surface area contributed by atoms with E-state index in [4.69, 9.17) is 11.6 Å². The smallest absolute Gasteiger partial charge is 0.258 e. The van der Waals surface area contributed by atoms with Gasteiger partial charge in [0.15, 0.2) is 9.84 Å². The number of sulfone groups is 1. The fourth-order valence-corrected chi connectivity index (χ4v) is 5.25. The van der Waals surface area contributed by atoms with Crippen molar-refractivity contribution < 1.29 is 13.3 Å². The second-order valence-corrected chi connectivity index (χ2v) is 7.94. The molecule has 0 radical (unpaired) electrons. The molecule has 1 fully saturated rings. The maximum atomic E-state index is 12.0. The second kappa shape index (κ2) is 6.10. The number of nitrogens with zero attached hydrogens (tertiary/aromatic N) is 1. The van der Waals surface area contributed by atoms with Gasteiger partial charge in [0.05, 0.1) is 21.3 Å². The van der Waals surface area contributed by atoms with E-state index in [2.05, 4.69) is 0 Å². The van der Waals surface area contributed by atoms with E-state index in [-0.39, 0.29) is 11.4 Å². The Hall–Kier alpha value is -1.14. The summed E-state index contributed by atoms with van der Waals surface area (Å²) in [6, 6.07) is 6.08. The molecule has 20 heavy (non-hydrogen) atoms. The molecule has 2 unspecified atom stereocenters. The van der Waals surface area contributed by atoms with E-state index in [1.807, 2.05) is 0 Å². The lowest BCUT2D eigenvalue weighted by atomic mass is 10.0. The van der Waals surface area contributed by atoms with Crippen molar-refractivity contribution in [2.24, 2.45) is 0 Å². The van der Waals surface area contributed by atoms with Crippen LogP contribution in [0.3, 0.4) is 0 Å². The van der Waals surface area contributed by atoms with Crippen LogP contribution < -0.4 is 0 Å². The normalized spacial score (nSPS) is 23.1. The van der Waals surface area contributed by atoms with Crippen LogP contribution >= 0.6 is 11.6 Å². The Bertz CT molecular complexity index is 585. The Morgan fingerprint density at radius 2 is 1.95 bits per heavy atom. The lowest BCUT2D eigenvalue weighted by molar-refractivity contribution is -0.384. The van der Waals surface area contributed by atoms with Gasteiger partial charge in [-0.15, -0.1) is 11.6 Å². The Morgan fingerprint density at radius 1 is 1.30 bits per heavy atom. The van der Waals surface area contributed by atoms with E-state index in [1.165, 1.54) is 12.1 Å². The summed E-state index contributed by atoms with van der Waals surface area (Å²) in [5.74, 6) is 0.209. The number of benzene rings is 1. The van der Waals surface area contributed by atoms with Crippen molar-refractivity contribution in [2.45, 2.75) is 36.3 Å². The standard InChI is InChI=1S/C13H16ClNO4S/c14-12(13-3-1-2-8-20(13,18)19)9-10-4-6-11(7-5-10)15(16)17/h4-7,12-13H,1-3,8-9H2. The van der Waals surface area contributed by atoms with E-state index in [0.717, 1.165) is 12.0 Å². The number of alkyl halides is 1.